The zero-order chi connectivity index (χ0) is 24.7. The molecule has 1 aliphatic rings. The molecule has 1 N–H and O–H groups in total. The Morgan fingerprint density at radius 2 is 1.71 bits per heavy atom. The van der Waals surface area contributed by atoms with Crippen LogP contribution in [0.25, 0.3) is 5.69 Å². The summed E-state index contributed by atoms with van der Waals surface area (Å²) < 4.78 is 8.73. The molecule has 5 rings (SSSR count). The smallest absolute Gasteiger partial charge is 0.174 e. The summed E-state index contributed by atoms with van der Waals surface area (Å²) in [6, 6.07) is 22.7. The largest absolute Gasteiger partial charge is 0.497 e. The Hall–Kier alpha value is -3.16. The number of hydrogen-bond acceptors (Lipinski definition) is 3. The second-order valence-corrected chi connectivity index (χ2v) is 10.0. The van der Waals surface area contributed by atoms with E-state index >= 15 is 0 Å². The number of benzene rings is 2. The van der Waals surface area contributed by atoms with Crippen LogP contribution in [0.2, 0.25) is 0 Å². The molecule has 1 saturated heterocycles. The van der Waals surface area contributed by atoms with Crippen LogP contribution < -0.4 is 15.0 Å². The maximum absolute atomic E-state index is 5.91. The zero-order valence-corrected chi connectivity index (χ0v) is 22.5. The number of methoxy groups -OCH3 is 1. The van der Waals surface area contributed by atoms with Crippen LogP contribution in [0.1, 0.15) is 40.3 Å². The Morgan fingerprint density at radius 1 is 0.971 bits per heavy atom. The molecule has 7 heteroatoms. The lowest BCUT2D eigenvalue weighted by atomic mass is 9.96. The fraction of sp³-hybridized carbons (Fsp3) is 0.214. The number of nitrogens with zero attached hydrogens (tertiary/aromatic N) is 3. The van der Waals surface area contributed by atoms with Crippen LogP contribution >= 0.6 is 28.1 Å². The maximum atomic E-state index is 5.91. The number of halogens is 1. The van der Waals surface area contributed by atoms with Crippen molar-refractivity contribution in [3.63, 3.8) is 0 Å². The van der Waals surface area contributed by atoms with Gasteiger partial charge >= 0.3 is 0 Å². The normalized spacial score (nSPS) is 17.5. The quantitative estimate of drug-likeness (QED) is 0.280. The van der Waals surface area contributed by atoms with Crippen LogP contribution in [-0.2, 0) is 0 Å². The van der Waals surface area contributed by atoms with Gasteiger partial charge < -0.3 is 19.5 Å². The molecule has 0 unspecified atom stereocenters. The summed E-state index contributed by atoms with van der Waals surface area (Å²) in [4.78, 5) is 6.92. The number of pyridine rings is 1. The summed E-state index contributed by atoms with van der Waals surface area (Å²) in [7, 11) is 1.69. The van der Waals surface area contributed by atoms with E-state index in [0.29, 0.717) is 5.11 Å². The van der Waals surface area contributed by atoms with Crippen LogP contribution in [0.3, 0.4) is 0 Å². The molecule has 2 aromatic carbocycles. The first-order chi connectivity index (χ1) is 16.9. The Balaban J connectivity index is 1.66. The monoisotopic (exact) mass is 546 g/mol. The summed E-state index contributed by atoms with van der Waals surface area (Å²) in [5, 5.41) is 4.27. The first-order valence-electron chi connectivity index (χ1n) is 11.5. The minimum Gasteiger partial charge on any atom is -0.497 e. The molecule has 0 radical (unpaired) electrons. The van der Waals surface area contributed by atoms with Crippen molar-refractivity contribution in [1.29, 1.82) is 0 Å². The number of hydrogen-bond donors (Lipinski definition) is 1. The Morgan fingerprint density at radius 3 is 2.37 bits per heavy atom. The SMILES string of the molecule is COc1ccc(-n2c(C)cc([C@@H]3[C@@H](c4ccccn4)NC(=S)N3c3ccc(Br)c(C)c3)c2C)cc1. The van der Waals surface area contributed by atoms with Gasteiger partial charge in [0, 0.05) is 33.4 Å². The van der Waals surface area contributed by atoms with Gasteiger partial charge in [0.15, 0.2) is 5.11 Å². The Labute approximate surface area is 219 Å². The molecule has 35 heavy (non-hydrogen) atoms. The van der Waals surface area contributed by atoms with Gasteiger partial charge in [0.05, 0.1) is 24.9 Å². The molecule has 0 saturated carbocycles. The summed E-state index contributed by atoms with van der Waals surface area (Å²) in [5.41, 5.74) is 7.82. The van der Waals surface area contributed by atoms with E-state index in [-0.39, 0.29) is 12.1 Å². The lowest BCUT2D eigenvalue weighted by Gasteiger charge is -2.28. The number of thiocarbonyl (C=S) groups is 1. The molecule has 0 aliphatic carbocycles. The van der Waals surface area contributed by atoms with E-state index in [2.05, 4.69) is 98.9 Å². The van der Waals surface area contributed by atoms with Crippen LogP contribution in [0.5, 0.6) is 5.75 Å². The topological polar surface area (TPSA) is 42.3 Å². The summed E-state index contributed by atoms with van der Waals surface area (Å²) in [5.74, 6) is 0.841. The van der Waals surface area contributed by atoms with E-state index in [9.17, 15) is 0 Å². The number of ether oxygens (including phenoxy) is 1. The van der Waals surface area contributed by atoms with E-state index in [0.717, 1.165) is 38.5 Å². The highest BCUT2D eigenvalue weighted by Crippen LogP contribution is 2.44. The van der Waals surface area contributed by atoms with Crippen molar-refractivity contribution in [2.45, 2.75) is 32.9 Å². The predicted molar refractivity (Wildman–Crippen MR) is 149 cm³/mol. The van der Waals surface area contributed by atoms with E-state index in [1.54, 1.807) is 7.11 Å². The molecule has 3 heterocycles. The maximum Gasteiger partial charge on any atom is 0.174 e. The summed E-state index contributed by atoms with van der Waals surface area (Å²) in [6.07, 6.45) is 1.84. The standard InChI is InChI=1S/C28H27BrN4OS/c1-17-15-21(10-13-24(17)29)33-27(26(31-28(33)35)25-7-5-6-14-30-25)23-16-18(2)32(19(23)3)20-8-11-22(34-4)12-9-20/h5-16,26-27H,1-4H3,(H,31,35)/t26-,27-/m1/s1. The average Bonchev–Trinajstić information content (AvgIpc) is 3.36. The van der Waals surface area contributed by atoms with E-state index < -0.39 is 0 Å². The number of aromatic nitrogens is 2. The minimum absolute atomic E-state index is 0.0591. The molecule has 5 nitrogen and oxygen atoms in total. The first kappa shape index (κ1) is 23.6. The lowest BCUT2D eigenvalue weighted by Crippen LogP contribution is -2.29. The van der Waals surface area contributed by atoms with Gasteiger partial charge in [-0.05, 0) is 105 Å². The lowest BCUT2D eigenvalue weighted by molar-refractivity contribution is 0.414. The molecule has 0 spiro atoms. The molecule has 4 aromatic rings. The molecule has 178 valence electrons. The van der Waals surface area contributed by atoms with Gasteiger partial charge in [-0.3, -0.25) is 4.98 Å². The van der Waals surface area contributed by atoms with Gasteiger partial charge in [-0.25, -0.2) is 0 Å². The van der Waals surface area contributed by atoms with Crippen molar-refractivity contribution in [3.8, 4) is 11.4 Å². The highest BCUT2D eigenvalue weighted by molar-refractivity contribution is 9.10. The fourth-order valence-electron chi connectivity index (χ4n) is 4.94. The number of aryl methyl sites for hydroxylation is 2. The first-order valence-corrected chi connectivity index (χ1v) is 12.7. The fourth-order valence-corrected chi connectivity index (χ4v) is 5.54. The Kier molecular flexibility index (Phi) is 6.38. The Bertz CT molecular complexity index is 1380. The highest BCUT2D eigenvalue weighted by Gasteiger charge is 2.42. The average molecular weight is 548 g/mol. The van der Waals surface area contributed by atoms with Crippen LogP contribution in [-0.4, -0.2) is 21.8 Å². The van der Waals surface area contributed by atoms with E-state index in [1.165, 1.54) is 11.3 Å². The van der Waals surface area contributed by atoms with Gasteiger partial charge in [0.25, 0.3) is 0 Å². The molecule has 0 amide bonds. The van der Waals surface area contributed by atoms with E-state index in [4.69, 9.17) is 17.0 Å². The molecule has 1 aliphatic heterocycles. The molecule has 1 fully saturated rings. The second-order valence-electron chi connectivity index (χ2n) is 8.79. The predicted octanol–water partition coefficient (Wildman–Crippen LogP) is 6.75. The third-order valence-corrected chi connectivity index (χ3v) is 7.84. The third-order valence-electron chi connectivity index (χ3n) is 6.64. The second kappa shape index (κ2) is 9.47. The van der Waals surface area contributed by atoms with Gasteiger partial charge in [-0.15, -0.1) is 0 Å². The van der Waals surface area contributed by atoms with Crippen molar-refractivity contribution in [3.05, 3.63) is 106 Å². The van der Waals surface area contributed by atoms with Crippen molar-refractivity contribution >= 4 is 38.9 Å². The summed E-state index contributed by atoms with van der Waals surface area (Å²) in [6.45, 7) is 6.42. The molecule has 0 bridgehead atoms. The number of nitrogens with one attached hydrogen (secondary N) is 1. The zero-order valence-electron chi connectivity index (χ0n) is 20.1. The minimum atomic E-state index is -0.0857. The molecular weight excluding hydrogens is 520 g/mol. The van der Waals surface area contributed by atoms with Crippen molar-refractivity contribution in [2.75, 3.05) is 12.0 Å². The van der Waals surface area contributed by atoms with Crippen molar-refractivity contribution < 1.29 is 4.74 Å². The highest BCUT2D eigenvalue weighted by atomic mass is 79.9. The molecular formula is C28H27BrN4OS. The number of rotatable bonds is 5. The molecule has 2 aromatic heterocycles. The van der Waals surface area contributed by atoms with Gasteiger partial charge in [0.2, 0.25) is 0 Å². The number of anilines is 1. The van der Waals surface area contributed by atoms with Crippen molar-refractivity contribution in [2.24, 2.45) is 0 Å². The van der Waals surface area contributed by atoms with Crippen LogP contribution in [0.4, 0.5) is 5.69 Å². The van der Waals surface area contributed by atoms with Gasteiger partial charge in [0.1, 0.15) is 5.75 Å². The van der Waals surface area contributed by atoms with Crippen LogP contribution in [0, 0.1) is 20.8 Å². The van der Waals surface area contributed by atoms with Crippen LogP contribution in [0.15, 0.2) is 77.4 Å². The third kappa shape index (κ3) is 4.23. The molecule has 2 atom stereocenters. The van der Waals surface area contributed by atoms with Gasteiger partial charge in [-0.1, -0.05) is 22.0 Å². The van der Waals surface area contributed by atoms with Gasteiger partial charge in [-0.2, -0.15) is 0 Å². The summed E-state index contributed by atoms with van der Waals surface area (Å²) >= 11 is 9.54. The van der Waals surface area contributed by atoms with Crippen molar-refractivity contribution in [1.82, 2.24) is 14.9 Å². The van der Waals surface area contributed by atoms with E-state index in [1.807, 2.05) is 30.5 Å².